The van der Waals surface area contributed by atoms with Crippen LogP contribution in [0.2, 0.25) is 10.0 Å². The van der Waals surface area contributed by atoms with Crippen molar-refractivity contribution in [2.45, 2.75) is 13.3 Å². The first-order chi connectivity index (χ1) is 8.47. The first kappa shape index (κ1) is 12.9. The molecule has 0 atom stereocenters. The Bertz CT molecular complexity index is 652. The lowest BCUT2D eigenvalue weighted by atomic mass is 10.1. The van der Waals surface area contributed by atoms with Crippen LogP contribution in [-0.4, -0.2) is 9.97 Å². The highest BCUT2D eigenvalue weighted by Gasteiger charge is 2.07. The van der Waals surface area contributed by atoms with Crippen molar-refractivity contribution in [1.82, 2.24) is 9.97 Å². The third kappa shape index (κ3) is 2.66. The predicted octanol–water partition coefficient (Wildman–Crippen LogP) is 2.56. The van der Waals surface area contributed by atoms with E-state index in [2.05, 4.69) is 9.97 Å². The van der Waals surface area contributed by atoms with Crippen molar-refractivity contribution in [1.29, 1.82) is 0 Å². The van der Waals surface area contributed by atoms with E-state index in [4.69, 9.17) is 28.9 Å². The maximum absolute atomic E-state index is 11.6. The molecular formula is C12H11Cl2N3O. The second-order valence-corrected chi connectivity index (χ2v) is 4.78. The summed E-state index contributed by atoms with van der Waals surface area (Å²) < 4.78 is 0. The summed E-state index contributed by atoms with van der Waals surface area (Å²) in [6, 6.07) is 5.17. The van der Waals surface area contributed by atoms with Crippen molar-refractivity contribution >= 4 is 29.0 Å². The van der Waals surface area contributed by atoms with Gasteiger partial charge in [-0.1, -0.05) is 29.3 Å². The van der Waals surface area contributed by atoms with Crippen LogP contribution in [0.5, 0.6) is 0 Å². The number of aromatic nitrogens is 2. The highest BCUT2D eigenvalue weighted by Crippen LogP contribution is 2.22. The zero-order valence-electron chi connectivity index (χ0n) is 9.63. The van der Waals surface area contributed by atoms with E-state index in [1.807, 2.05) is 0 Å². The zero-order chi connectivity index (χ0) is 13.3. The van der Waals surface area contributed by atoms with Crippen LogP contribution in [0.4, 0.5) is 5.82 Å². The average molecular weight is 284 g/mol. The topological polar surface area (TPSA) is 71.8 Å². The van der Waals surface area contributed by atoms with Crippen LogP contribution >= 0.6 is 23.2 Å². The van der Waals surface area contributed by atoms with Crippen LogP contribution in [0, 0.1) is 6.92 Å². The second-order valence-electron chi connectivity index (χ2n) is 3.94. The molecule has 2 aromatic rings. The molecule has 0 bridgehead atoms. The molecule has 1 aromatic heterocycles. The number of hydrogen-bond donors (Lipinski definition) is 2. The number of H-pyrrole nitrogens is 1. The molecule has 0 saturated heterocycles. The van der Waals surface area contributed by atoms with Gasteiger partial charge in [-0.25, -0.2) is 4.98 Å². The van der Waals surface area contributed by atoms with E-state index >= 15 is 0 Å². The quantitative estimate of drug-likeness (QED) is 0.890. The Hall–Kier alpha value is -1.52. The summed E-state index contributed by atoms with van der Waals surface area (Å²) in [5, 5.41) is 1.10. The largest absolute Gasteiger partial charge is 0.383 e. The Labute approximate surface area is 114 Å². The van der Waals surface area contributed by atoms with Crippen molar-refractivity contribution in [2.24, 2.45) is 0 Å². The average Bonchev–Trinajstić information content (AvgIpc) is 2.29. The minimum Gasteiger partial charge on any atom is -0.383 e. The monoisotopic (exact) mass is 283 g/mol. The van der Waals surface area contributed by atoms with E-state index < -0.39 is 0 Å². The maximum atomic E-state index is 11.6. The molecule has 4 nitrogen and oxygen atoms in total. The molecule has 1 heterocycles. The second kappa shape index (κ2) is 5.00. The molecule has 0 radical (unpaired) electrons. The maximum Gasteiger partial charge on any atom is 0.255 e. The van der Waals surface area contributed by atoms with Crippen LogP contribution in [0.3, 0.4) is 0 Å². The van der Waals surface area contributed by atoms with Gasteiger partial charge >= 0.3 is 0 Å². The summed E-state index contributed by atoms with van der Waals surface area (Å²) in [6.07, 6.45) is 0.399. The normalized spacial score (nSPS) is 10.6. The van der Waals surface area contributed by atoms with E-state index in [0.29, 0.717) is 27.9 Å². The molecule has 0 aliphatic carbocycles. The molecule has 18 heavy (non-hydrogen) atoms. The Balaban J connectivity index is 2.37. The Morgan fingerprint density at radius 3 is 2.72 bits per heavy atom. The van der Waals surface area contributed by atoms with E-state index in [0.717, 1.165) is 5.56 Å². The fraction of sp³-hybridized carbons (Fsp3) is 0.167. The summed E-state index contributed by atoms with van der Waals surface area (Å²) in [7, 11) is 0. The van der Waals surface area contributed by atoms with Gasteiger partial charge in [-0.3, -0.25) is 4.79 Å². The number of nitrogens with one attached hydrogen (secondary N) is 1. The molecule has 0 aliphatic heterocycles. The standard InChI is InChI=1S/C12H11Cl2N3O/c1-6-11(15)16-10(17-12(6)18)4-7-2-3-8(13)5-9(7)14/h2-3,5H,4H2,1H3,(H3,15,16,17,18). The SMILES string of the molecule is Cc1c(N)nc(Cc2ccc(Cl)cc2Cl)[nH]c1=O. The highest BCUT2D eigenvalue weighted by molar-refractivity contribution is 6.35. The number of hydrogen-bond acceptors (Lipinski definition) is 3. The number of benzene rings is 1. The number of halogens is 2. The van der Waals surface area contributed by atoms with Gasteiger partial charge in [0, 0.05) is 16.5 Å². The number of aromatic amines is 1. The molecule has 0 spiro atoms. The van der Waals surface area contributed by atoms with Crippen LogP contribution in [0.15, 0.2) is 23.0 Å². The van der Waals surface area contributed by atoms with E-state index in [1.54, 1.807) is 25.1 Å². The third-order valence-electron chi connectivity index (χ3n) is 2.61. The van der Waals surface area contributed by atoms with E-state index in [9.17, 15) is 4.79 Å². The Morgan fingerprint density at radius 2 is 2.11 bits per heavy atom. The fourth-order valence-corrected chi connectivity index (χ4v) is 2.00. The van der Waals surface area contributed by atoms with E-state index in [1.165, 1.54) is 0 Å². The molecule has 0 aliphatic rings. The van der Waals surface area contributed by atoms with Crippen LogP contribution in [0.25, 0.3) is 0 Å². The summed E-state index contributed by atoms with van der Waals surface area (Å²) >= 11 is 11.9. The summed E-state index contributed by atoms with van der Waals surface area (Å²) in [5.74, 6) is 0.714. The molecule has 3 N–H and O–H groups in total. The summed E-state index contributed by atoms with van der Waals surface area (Å²) in [6.45, 7) is 1.63. The minimum atomic E-state index is -0.234. The highest BCUT2D eigenvalue weighted by atomic mass is 35.5. The van der Waals surface area contributed by atoms with Gasteiger partial charge in [0.25, 0.3) is 5.56 Å². The number of rotatable bonds is 2. The lowest BCUT2D eigenvalue weighted by molar-refractivity contribution is 0.938. The number of nitrogen functional groups attached to an aromatic ring is 1. The summed E-state index contributed by atoms with van der Waals surface area (Å²) in [5.41, 5.74) is 6.66. The lowest BCUT2D eigenvalue weighted by Crippen LogP contribution is -2.17. The Morgan fingerprint density at radius 1 is 1.39 bits per heavy atom. The fourth-order valence-electron chi connectivity index (χ4n) is 1.53. The lowest BCUT2D eigenvalue weighted by Gasteiger charge is -2.06. The first-order valence-corrected chi connectivity index (χ1v) is 6.02. The van der Waals surface area contributed by atoms with Gasteiger partial charge in [-0.05, 0) is 24.6 Å². The molecule has 0 amide bonds. The molecule has 1 aromatic carbocycles. The molecular weight excluding hydrogens is 273 g/mol. The number of nitrogens with zero attached hydrogens (tertiary/aromatic N) is 1. The van der Waals surface area contributed by atoms with Crippen LogP contribution in [0.1, 0.15) is 17.0 Å². The van der Waals surface area contributed by atoms with Gasteiger partial charge in [0.2, 0.25) is 0 Å². The van der Waals surface area contributed by atoms with Gasteiger partial charge in [0.15, 0.2) is 0 Å². The van der Waals surface area contributed by atoms with Gasteiger partial charge in [-0.2, -0.15) is 0 Å². The minimum absolute atomic E-state index is 0.234. The van der Waals surface area contributed by atoms with Crippen LogP contribution < -0.4 is 11.3 Å². The predicted molar refractivity (Wildman–Crippen MR) is 73.3 cm³/mol. The van der Waals surface area contributed by atoms with Crippen LogP contribution in [-0.2, 0) is 6.42 Å². The van der Waals surface area contributed by atoms with Gasteiger partial charge in [0.1, 0.15) is 11.6 Å². The van der Waals surface area contributed by atoms with Crippen molar-refractivity contribution < 1.29 is 0 Å². The van der Waals surface area contributed by atoms with E-state index in [-0.39, 0.29) is 11.4 Å². The van der Waals surface area contributed by atoms with Crippen molar-refractivity contribution in [3.05, 3.63) is 55.5 Å². The molecule has 0 unspecified atom stereocenters. The number of nitrogens with two attached hydrogens (primary N) is 1. The smallest absolute Gasteiger partial charge is 0.255 e. The van der Waals surface area contributed by atoms with Gasteiger partial charge < -0.3 is 10.7 Å². The van der Waals surface area contributed by atoms with Crippen molar-refractivity contribution in [3.8, 4) is 0 Å². The zero-order valence-corrected chi connectivity index (χ0v) is 11.1. The van der Waals surface area contributed by atoms with Crippen molar-refractivity contribution in [3.63, 3.8) is 0 Å². The molecule has 0 fully saturated rings. The van der Waals surface area contributed by atoms with Gasteiger partial charge in [0.05, 0.1) is 5.56 Å². The number of anilines is 1. The third-order valence-corrected chi connectivity index (χ3v) is 3.20. The first-order valence-electron chi connectivity index (χ1n) is 5.26. The molecule has 0 saturated carbocycles. The van der Waals surface area contributed by atoms with Gasteiger partial charge in [-0.15, -0.1) is 0 Å². The molecule has 2 rings (SSSR count). The summed E-state index contributed by atoms with van der Waals surface area (Å²) in [4.78, 5) is 18.4. The molecule has 94 valence electrons. The van der Waals surface area contributed by atoms with Crippen molar-refractivity contribution in [2.75, 3.05) is 5.73 Å². The molecule has 6 heteroatoms. The Kier molecular flexibility index (Phi) is 3.59.